The molecule has 0 aliphatic carbocycles. The molecule has 0 aromatic heterocycles. The summed E-state index contributed by atoms with van der Waals surface area (Å²) >= 11 is 0. The molecular formula is C22H52O6. The Morgan fingerprint density at radius 1 is 0.571 bits per heavy atom. The summed E-state index contributed by atoms with van der Waals surface area (Å²) in [6.45, 7) is 10.7. The first-order chi connectivity index (χ1) is 9.90. The second-order valence-corrected chi connectivity index (χ2v) is 4.62. The normalized spacial score (nSPS) is 5.96. The average molecular weight is 413 g/mol. The maximum Gasteiger partial charge on any atom is 0.137 e. The summed E-state index contributed by atoms with van der Waals surface area (Å²) in [5, 5.41) is 0. The van der Waals surface area contributed by atoms with Crippen molar-refractivity contribution in [2.75, 3.05) is 0 Å². The first kappa shape index (κ1) is 63.5. The maximum atomic E-state index is 10.0. The molecule has 0 bridgehead atoms. The van der Waals surface area contributed by atoms with E-state index in [-0.39, 0.29) is 86.3 Å². The van der Waals surface area contributed by atoms with E-state index < -0.39 is 0 Å². The Bertz CT molecular complexity index is 355. The van der Waals surface area contributed by atoms with Crippen molar-refractivity contribution >= 4 is 35.2 Å². The Balaban J connectivity index is -0.0000000183. The number of rotatable bonds is 5. The number of carbonyl (C=O) groups excluding carboxylic acids is 6. The topological polar surface area (TPSA) is 102 Å². The minimum atomic E-state index is -0.0787. The van der Waals surface area contributed by atoms with Gasteiger partial charge < -0.3 is 14.4 Å². The fourth-order valence-electron chi connectivity index (χ4n) is 0.468. The number of Topliss-reactive ketones (excluding diaryl/α,β-unsaturated/α-hetero) is 5. The Morgan fingerprint density at radius 2 is 0.786 bits per heavy atom. The lowest BCUT2D eigenvalue weighted by molar-refractivity contribution is -0.125. The average Bonchev–Trinajstić information content (AvgIpc) is 2.27. The predicted molar refractivity (Wildman–Crippen MR) is 125 cm³/mol. The lowest BCUT2D eigenvalue weighted by atomic mass is 10.2. The third kappa shape index (κ3) is 258. The number of ketones is 5. The number of carbonyl (C=O) groups is 6. The molecule has 0 saturated carbocycles. The first-order valence-corrected chi connectivity index (χ1v) is 6.79. The van der Waals surface area contributed by atoms with Crippen LogP contribution in [0, 0.1) is 0 Å². The number of aldehydes is 1. The zero-order chi connectivity index (χ0) is 18.7. The van der Waals surface area contributed by atoms with Gasteiger partial charge in [-0.25, -0.2) is 0 Å². The molecule has 0 spiro atoms. The molecule has 0 heterocycles. The van der Waals surface area contributed by atoms with E-state index in [1.807, 2.05) is 6.92 Å². The van der Waals surface area contributed by atoms with E-state index in [4.69, 9.17) is 0 Å². The van der Waals surface area contributed by atoms with Crippen LogP contribution >= 0.6 is 0 Å². The van der Waals surface area contributed by atoms with Crippen molar-refractivity contribution in [3.63, 3.8) is 0 Å². The lowest BCUT2D eigenvalue weighted by Crippen LogP contribution is -1.97. The second-order valence-electron chi connectivity index (χ2n) is 4.62. The maximum absolute atomic E-state index is 10.0. The quantitative estimate of drug-likeness (QED) is 0.398. The molecule has 0 unspecified atom stereocenters. The molecule has 0 N–H and O–H groups in total. The predicted octanol–water partition coefficient (Wildman–Crippen LogP) is 6.12. The van der Waals surface area contributed by atoms with E-state index in [2.05, 4.69) is 0 Å². The van der Waals surface area contributed by atoms with Gasteiger partial charge in [-0.3, -0.25) is 14.4 Å². The van der Waals surface area contributed by atoms with Gasteiger partial charge in [0.05, 0.1) is 12.8 Å². The molecule has 0 atom stereocenters. The van der Waals surface area contributed by atoms with Gasteiger partial charge in [0.15, 0.2) is 0 Å². The van der Waals surface area contributed by atoms with Crippen LogP contribution in [0.15, 0.2) is 0 Å². The van der Waals surface area contributed by atoms with Crippen LogP contribution in [0.3, 0.4) is 0 Å². The van der Waals surface area contributed by atoms with Crippen LogP contribution in [0.5, 0.6) is 0 Å². The van der Waals surface area contributed by atoms with Gasteiger partial charge in [0.1, 0.15) is 35.2 Å². The fourth-order valence-corrected chi connectivity index (χ4v) is 0.468. The van der Waals surface area contributed by atoms with E-state index in [1.54, 1.807) is 6.92 Å². The third-order valence-electron chi connectivity index (χ3n) is 1.37. The summed E-state index contributed by atoms with van der Waals surface area (Å²) < 4.78 is 0. The molecule has 0 fully saturated rings. The van der Waals surface area contributed by atoms with E-state index >= 15 is 0 Å². The van der Waals surface area contributed by atoms with E-state index in [1.165, 1.54) is 34.6 Å². The van der Waals surface area contributed by atoms with Crippen LogP contribution in [0.1, 0.15) is 112 Å². The van der Waals surface area contributed by atoms with Crippen molar-refractivity contribution in [1.29, 1.82) is 0 Å². The fraction of sp³-hybridized carbons (Fsp3) is 0.727. The van der Waals surface area contributed by atoms with E-state index in [0.717, 1.165) is 0 Å². The zero-order valence-corrected chi connectivity index (χ0v) is 14.6. The number of hydrogen-bond donors (Lipinski definition) is 0. The summed E-state index contributed by atoms with van der Waals surface area (Å²) in [5.74, 6) is 0.218. The zero-order valence-electron chi connectivity index (χ0n) is 14.6. The minimum Gasteiger partial charge on any atom is -0.303 e. The monoisotopic (exact) mass is 412 g/mol. The van der Waals surface area contributed by atoms with Crippen molar-refractivity contribution in [2.24, 2.45) is 0 Å². The molecule has 0 radical (unpaired) electrons. The highest BCUT2D eigenvalue weighted by molar-refractivity contribution is 5.96. The number of hydrogen-bond acceptors (Lipinski definition) is 6. The third-order valence-corrected chi connectivity index (χ3v) is 1.37. The summed E-state index contributed by atoms with van der Waals surface area (Å²) in [4.78, 5) is 58.5. The van der Waals surface area contributed by atoms with Gasteiger partial charge >= 0.3 is 0 Å². The molecule has 0 amide bonds. The largest absolute Gasteiger partial charge is 0.303 e. The summed E-state index contributed by atoms with van der Waals surface area (Å²) in [6.07, 6.45) is 1.41. The van der Waals surface area contributed by atoms with Gasteiger partial charge in [-0.1, -0.05) is 51.5 Å². The van der Waals surface area contributed by atoms with Crippen molar-refractivity contribution in [3.05, 3.63) is 0 Å². The first-order valence-electron chi connectivity index (χ1n) is 6.79. The highest BCUT2D eigenvalue weighted by Crippen LogP contribution is 1.80. The van der Waals surface area contributed by atoms with Gasteiger partial charge in [-0.2, -0.15) is 0 Å². The highest BCUT2D eigenvalue weighted by Gasteiger charge is 1.94. The van der Waals surface area contributed by atoms with Gasteiger partial charge in [-0.15, -0.1) is 0 Å². The molecule has 6 nitrogen and oxygen atoms in total. The molecular weight excluding hydrogens is 360 g/mol. The van der Waals surface area contributed by atoms with Crippen LogP contribution in [0.4, 0.5) is 0 Å². The van der Waals surface area contributed by atoms with E-state index in [0.29, 0.717) is 12.7 Å². The second kappa shape index (κ2) is 49.8. The molecule has 0 rings (SSSR count). The lowest BCUT2D eigenvalue weighted by Gasteiger charge is -1.81. The molecule has 0 aliphatic heterocycles. The molecule has 28 heavy (non-hydrogen) atoms. The van der Waals surface area contributed by atoms with Crippen LogP contribution in [0.25, 0.3) is 0 Å². The van der Waals surface area contributed by atoms with Gasteiger partial charge in [0.25, 0.3) is 0 Å². The molecule has 6 heteroatoms. The summed E-state index contributed by atoms with van der Waals surface area (Å²) in [7, 11) is 0. The molecule has 176 valence electrons. The summed E-state index contributed by atoms with van der Waals surface area (Å²) in [5.41, 5.74) is 0. The Kier molecular flexibility index (Phi) is 113. The summed E-state index contributed by atoms with van der Waals surface area (Å²) in [6, 6.07) is 0. The Morgan fingerprint density at radius 3 is 0.786 bits per heavy atom. The smallest absolute Gasteiger partial charge is 0.137 e. The van der Waals surface area contributed by atoms with Crippen LogP contribution in [-0.2, 0) is 28.8 Å². The van der Waals surface area contributed by atoms with Crippen LogP contribution in [0.2, 0.25) is 0 Å². The van der Waals surface area contributed by atoms with Gasteiger partial charge in [0, 0.05) is 6.42 Å². The van der Waals surface area contributed by atoms with Gasteiger partial charge in [0.2, 0.25) is 0 Å². The Labute approximate surface area is 176 Å². The van der Waals surface area contributed by atoms with E-state index in [9.17, 15) is 28.8 Å². The molecule has 0 aromatic carbocycles. The minimum absolute atomic E-state index is 0. The van der Waals surface area contributed by atoms with Crippen molar-refractivity contribution < 1.29 is 28.8 Å². The van der Waals surface area contributed by atoms with Gasteiger partial charge in [-0.05, 0) is 41.5 Å². The van der Waals surface area contributed by atoms with Crippen LogP contribution in [-0.4, -0.2) is 35.2 Å². The van der Waals surface area contributed by atoms with Crippen molar-refractivity contribution in [1.82, 2.24) is 0 Å². The van der Waals surface area contributed by atoms with Crippen molar-refractivity contribution in [2.45, 2.75) is 112 Å². The Hall–Kier alpha value is -1.98. The van der Waals surface area contributed by atoms with Crippen molar-refractivity contribution in [3.8, 4) is 0 Å². The molecule has 0 saturated heterocycles. The SMILES string of the molecule is C.C.C.C.C.C.CC(=O)CC(C)=O.CC(=O)CC=O.CC(C)=O.CCC(C)=O. The van der Waals surface area contributed by atoms with Crippen LogP contribution < -0.4 is 0 Å². The molecule has 0 aliphatic rings. The standard InChI is InChI=1S/C5H8O2.C4H6O2.C4H8O.C3H6O.6CH4/c1-4(6)3-5(2)7;1-4(6)2-3-5;1-3-4(2)5;1-3(2)4;;;;;;/h3H2,1-2H3;3H,2H2,1H3;3H2,1-2H3;1-2H3;6*1H4. The molecule has 0 aromatic rings. The highest BCUT2D eigenvalue weighted by atomic mass is 16.2.